The molecule has 0 atom stereocenters. The van der Waals surface area contributed by atoms with Crippen molar-refractivity contribution in [3.05, 3.63) is 48.7 Å². The molecule has 98 valence electrons. The normalized spacial score (nSPS) is 10.3. The van der Waals surface area contributed by atoms with Crippen LogP contribution in [0.5, 0.6) is 5.75 Å². The first kappa shape index (κ1) is 14.3. The predicted octanol–water partition coefficient (Wildman–Crippen LogP) is 3.37. The summed E-state index contributed by atoms with van der Waals surface area (Å²) in [7, 11) is 5.62. The molecule has 0 amide bonds. The van der Waals surface area contributed by atoms with Crippen molar-refractivity contribution in [3.8, 4) is 5.75 Å². The van der Waals surface area contributed by atoms with Crippen molar-refractivity contribution in [3.63, 3.8) is 0 Å². The van der Waals surface area contributed by atoms with E-state index in [0.717, 1.165) is 29.1 Å². The summed E-state index contributed by atoms with van der Waals surface area (Å²) < 4.78 is 5.15. The van der Waals surface area contributed by atoms with Crippen molar-refractivity contribution >= 4 is 5.70 Å². The van der Waals surface area contributed by atoms with Gasteiger partial charge in [0.15, 0.2) is 0 Å². The van der Waals surface area contributed by atoms with E-state index in [2.05, 4.69) is 20.1 Å². The molecule has 1 aromatic rings. The Bertz CT molecular complexity index is 421. The van der Waals surface area contributed by atoms with Crippen LogP contribution in [0.25, 0.3) is 5.70 Å². The molecule has 0 bridgehead atoms. The zero-order valence-electron chi connectivity index (χ0n) is 11.7. The number of hydrogen-bond acceptors (Lipinski definition) is 3. The Balaban J connectivity index is 2.98. The van der Waals surface area contributed by atoms with Gasteiger partial charge in [0.25, 0.3) is 0 Å². The van der Waals surface area contributed by atoms with Crippen molar-refractivity contribution in [1.29, 1.82) is 0 Å². The maximum absolute atomic E-state index is 5.15. The van der Waals surface area contributed by atoms with Gasteiger partial charge in [-0.15, -0.1) is 0 Å². The maximum Gasteiger partial charge on any atom is 0.118 e. The van der Waals surface area contributed by atoms with E-state index in [9.17, 15) is 0 Å². The molecule has 0 aliphatic carbocycles. The van der Waals surface area contributed by atoms with Crippen LogP contribution in [0.2, 0.25) is 0 Å². The molecule has 18 heavy (non-hydrogen) atoms. The van der Waals surface area contributed by atoms with E-state index in [1.165, 1.54) is 0 Å². The van der Waals surface area contributed by atoms with Gasteiger partial charge in [-0.05, 0) is 36.2 Å². The van der Waals surface area contributed by atoms with Gasteiger partial charge in [-0.3, -0.25) is 5.01 Å². The van der Waals surface area contributed by atoms with Gasteiger partial charge in [-0.1, -0.05) is 20.1 Å². The lowest BCUT2D eigenvalue weighted by Crippen LogP contribution is -2.33. The van der Waals surface area contributed by atoms with Gasteiger partial charge in [0.2, 0.25) is 0 Å². The van der Waals surface area contributed by atoms with Crippen LogP contribution in [0.3, 0.4) is 0 Å². The van der Waals surface area contributed by atoms with E-state index in [-0.39, 0.29) is 0 Å². The summed E-state index contributed by atoms with van der Waals surface area (Å²) in [5.41, 5.74) is 2.98. The van der Waals surface area contributed by atoms with Crippen LogP contribution in [0.1, 0.15) is 18.9 Å². The van der Waals surface area contributed by atoms with Gasteiger partial charge in [0, 0.05) is 19.8 Å². The molecule has 0 heterocycles. The molecule has 0 N–H and O–H groups in total. The summed E-state index contributed by atoms with van der Waals surface area (Å²) in [6.07, 6.45) is 0.882. The summed E-state index contributed by atoms with van der Waals surface area (Å²) in [6, 6.07) is 7.87. The van der Waals surface area contributed by atoms with Gasteiger partial charge in [-0.25, -0.2) is 5.01 Å². The average molecular weight is 246 g/mol. The fraction of sp³-hybridized carbons (Fsp3) is 0.333. The second kappa shape index (κ2) is 6.26. The highest BCUT2D eigenvalue weighted by atomic mass is 16.5. The number of rotatable bonds is 6. The third kappa shape index (κ3) is 3.14. The Morgan fingerprint density at radius 1 is 1.17 bits per heavy atom. The predicted molar refractivity (Wildman–Crippen MR) is 77.0 cm³/mol. The number of hydrazine groups is 1. The van der Waals surface area contributed by atoms with E-state index >= 15 is 0 Å². The smallest absolute Gasteiger partial charge is 0.118 e. The second-order valence-electron chi connectivity index (χ2n) is 4.25. The highest BCUT2D eigenvalue weighted by Crippen LogP contribution is 2.25. The Hall–Kier alpha value is -1.74. The molecule has 1 rings (SSSR count). The molecular weight excluding hydrogens is 224 g/mol. The third-order valence-corrected chi connectivity index (χ3v) is 2.79. The van der Waals surface area contributed by atoms with E-state index < -0.39 is 0 Å². The second-order valence-corrected chi connectivity index (χ2v) is 4.25. The average Bonchev–Trinajstić information content (AvgIpc) is 2.38. The molecule has 0 spiro atoms. The lowest BCUT2D eigenvalue weighted by molar-refractivity contribution is 0.136. The molecule has 0 aromatic heterocycles. The number of benzene rings is 1. The molecule has 1 aromatic carbocycles. The maximum atomic E-state index is 5.15. The molecule has 0 saturated carbocycles. The topological polar surface area (TPSA) is 15.7 Å². The standard InChI is InChI=1S/C15H22N2O/c1-7-12(2)17(16(4)5)13(3)14-8-10-15(18-6)11-9-14/h8-11H,2-3,7H2,1,4-6H3. The van der Waals surface area contributed by atoms with Gasteiger partial charge >= 0.3 is 0 Å². The Kier molecular flexibility index (Phi) is 4.98. The molecule has 0 radical (unpaired) electrons. The van der Waals surface area contributed by atoms with Crippen LogP contribution in [0.15, 0.2) is 43.1 Å². The largest absolute Gasteiger partial charge is 0.497 e. The zero-order valence-corrected chi connectivity index (χ0v) is 11.7. The lowest BCUT2D eigenvalue weighted by Gasteiger charge is -2.34. The summed E-state index contributed by atoms with van der Waals surface area (Å²) in [5, 5.41) is 4.00. The quantitative estimate of drug-likeness (QED) is 0.716. The van der Waals surface area contributed by atoms with Crippen LogP contribution < -0.4 is 4.74 Å². The van der Waals surface area contributed by atoms with Crippen molar-refractivity contribution in [2.75, 3.05) is 21.2 Å². The molecule has 0 aliphatic rings. The summed E-state index contributed by atoms with van der Waals surface area (Å²) in [4.78, 5) is 0. The number of methoxy groups -OCH3 is 1. The third-order valence-electron chi connectivity index (χ3n) is 2.79. The molecule has 3 heteroatoms. The van der Waals surface area contributed by atoms with Crippen LogP contribution in [-0.2, 0) is 0 Å². The highest BCUT2D eigenvalue weighted by molar-refractivity contribution is 5.63. The first-order chi connectivity index (χ1) is 8.51. The summed E-state index contributed by atoms with van der Waals surface area (Å²) >= 11 is 0. The number of ether oxygens (including phenoxy) is 1. The number of allylic oxidation sites excluding steroid dienone is 1. The van der Waals surface area contributed by atoms with E-state index in [1.807, 2.05) is 48.4 Å². The molecular formula is C15H22N2O. The first-order valence-electron chi connectivity index (χ1n) is 5.99. The van der Waals surface area contributed by atoms with Crippen molar-refractivity contribution in [2.45, 2.75) is 13.3 Å². The number of nitrogens with zero attached hydrogens (tertiary/aromatic N) is 2. The Morgan fingerprint density at radius 2 is 1.72 bits per heavy atom. The Labute approximate surface area is 110 Å². The van der Waals surface area contributed by atoms with Crippen LogP contribution in [-0.4, -0.2) is 31.2 Å². The van der Waals surface area contributed by atoms with Gasteiger partial charge in [-0.2, -0.15) is 0 Å². The van der Waals surface area contributed by atoms with Gasteiger partial charge < -0.3 is 4.74 Å². The Morgan fingerprint density at radius 3 is 2.11 bits per heavy atom. The highest BCUT2D eigenvalue weighted by Gasteiger charge is 2.14. The van der Waals surface area contributed by atoms with Crippen LogP contribution in [0, 0.1) is 0 Å². The van der Waals surface area contributed by atoms with Crippen LogP contribution >= 0.6 is 0 Å². The lowest BCUT2D eigenvalue weighted by atomic mass is 10.1. The molecule has 0 aliphatic heterocycles. The molecule has 0 unspecified atom stereocenters. The van der Waals surface area contributed by atoms with E-state index in [4.69, 9.17) is 4.74 Å². The summed E-state index contributed by atoms with van der Waals surface area (Å²) in [6.45, 7) is 10.3. The molecule has 0 fully saturated rings. The number of hydrogen-bond donors (Lipinski definition) is 0. The first-order valence-corrected chi connectivity index (χ1v) is 5.99. The van der Waals surface area contributed by atoms with Crippen molar-refractivity contribution in [2.24, 2.45) is 0 Å². The fourth-order valence-corrected chi connectivity index (χ4v) is 1.77. The fourth-order valence-electron chi connectivity index (χ4n) is 1.77. The van der Waals surface area contributed by atoms with E-state index in [0.29, 0.717) is 0 Å². The zero-order chi connectivity index (χ0) is 13.7. The van der Waals surface area contributed by atoms with Crippen molar-refractivity contribution in [1.82, 2.24) is 10.0 Å². The minimum absolute atomic E-state index is 0.845. The minimum Gasteiger partial charge on any atom is -0.497 e. The van der Waals surface area contributed by atoms with Gasteiger partial charge in [0.1, 0.15) is 5.75 Å². The SMILES string of the molecule is C=C(CC)N(C(=C)c1ccc(OC)cc1)N(C)C. The van der Waals surface area contributed by atoms with Gasteiger partial charge in [0.05, 0.1) is 12.8 Å². The summed E-state index contributed by atoms with van der Waals surface area (Å²) in [5.74, 6) is 0.845. The monoisotopic (exact) mass is 246 g/mol. The minimum atomic E-state index is 0.845. The van der Waals surface area contributed by atoms with E-state index in [1.54, 1.807) is 7.11 Å². The molecule has 3 nitrogen and oxygen atoms in total. The molecule has 0 saturated heterocycles. The van der Waals surface area contributed by atoms with Crippen LogP contribution in [0.4, 0.5) is 0 Å². The van der Waals surface area contributed by atoms with Crippen molar-refractivity contribution < 1.29 is 4.74 Å².